The van der Waals surface area contributed by atoms with Crippen molar-refractivity contribution in [3.8, 4) is 5.75 Å². The van der Waals surface area contributed by atoms with Crippen LogP contribution in [0.4, 0.5) is 5.69 Å². The van der Waals surface area contributed by atoms with Crippen molar-refractivity contribution < 1.29 is 13.9 Å². The minimum atomic E-state index is -0.278. The van der Waals surface area contributed by atoms with Gasteiger partial charge in [-0.15, -0.1) is 0 Å². The minimum absolute atomic E-state index is 0.278. The molecule has 5 nitrogen and oxygen atoms in total. The smallest absolute Gasteiger partial charge is 0.259 e. The summed E-state index contributed by atoms with van der Waals surface area (Å²) in [6.45, 7) is 1.77. The Morgan fingerprint density at radius 3 is 2.91 bits per heavy atom. The second-order valence-electron chi connectivity index (χ2n) is 4.69. The van der Waals surface area contributed by atoms with Crippen LogP contribution >= 0.6 is 15.9 Å². The number of hydrogen-bond donors (Lipinski definition) is 1. The zero-order valence-corrected chi connectivity index (χ0v) is 13.6. The second kappa shape index (κ2) is 5.81. The van der Waals surface area contributed by atoms with Crippen LogP contribution in [0.1, 0.15) is 16.2 Å². The van der Waals surface area contributed by atoms with E-state index in [0.29, 0.717) is 34.0 Å². The molecule has 112 valence electrons. The second-order valence-corrected chi connectivity index (χ2v) is 5.60. The molecule has 0 saturated heterocycles. The lowest BCUT2D eigenvalue weighted by Crippen LogP contribution is -2.13. The fourth-order valence-electron chi connectivity index (χ4n) is 2.21. The number of benzene rings is 2. The Morgan fingerprint density at radius 2 is 2.14 bits per heavy atom. The lowest BCUT2D eigenvalue weighted by molar-refractivity contribution is 0.102. The molecule has 0 unspecified atom stereocenters. The minimum Gasteiger partial charge on any atom is -0.496 e. The summed E-state index contributed by atoms with van der Waals surface area (Å²) in [5.74, 6) is 0.776. The molecule has 0 atom stereocenters. The fraction of sp³-hybridized carbons (Fsp3) is 0.125. The Balaban J connectivity index is 1.98. The number of oxazole rings is 1. The van der Waals surface area contributed by atoms with Gasteiger partial charge in [-0.1, -0.05) is 22.0 Å². The lowest BCUT2D eigenvalue weighted by atomic mass is 10.2. The van der Waals surface area contributed by atoms with E-state index in [-0.39, 0.29) is 5.91 Å². The van der Waals surface area contributed by atoms with E-state index in [0.717, 1.165) is 4.47 Å². The number of halogens is 1. The number of nitrogens with zero attached hydrogens (tertiary/aromatic N) is 1. The van der Waals surface area contributed by atoms with Crippen LogP contribution in [0.5, 0.6) is 5.75 Å². The van der Waals surface area contributed by atoms with Gasteiger partial charge >= 0.3 is 0 Å². The highest BCUT2D eigenvalue weighted by molar-refractivity contribution is 9.10. The molecule has 1 N–H and O–H groups in total. The van der Waals surface area contributed by atoms with Crippen molar-refractivity contribution in [1.29, 1.82) is 0 Å². The summed E-state index contributed by atoms with van der Waals surface area (Å²) in [5.41, 5.74) is 2.27. The highest BCUT2D eigenvalue weighted by Gasteiger charge is 2.16. The van der Waals surface area contributed by atoms with Gasteiger partial charge in [-0.25, -0.2) is 4.98 Å². The summed E-state index contributed by atoms with van der Waals surface area (Å²) in [5, 5.41) is 2.84. The van der Waals surface area contributed by atoms with Gasteiger partial charge in [0.2, 0.25) is 0 Å². The predicted octanol–water partition coefficient (Wildman–Crippen LogP) is 4.16. The summed E-state index contributed by atoms with van der Waals surface area (Å²) < 4.78 is 11.6. The highest BCUT2D eigenvalue weighted by Crippen LogP contribution is 2.27. The van der Waals surface area contributed by atoms with Crippen LogP contribution in [0.2, 0.25) is 0 Å². The Labute approximate surface area is 135 Å². The van der Waals surface area contributed by atoms with E-state index in [4.69, 9.17) is 9.15 Å². The topological polar surface area (TPSA) is 64.4 Å². The van der Waals surface area contributed by atoms with Gasteiger partial charge in [-0.3, -0.25) is 4.79 Å². The number of nitrogens with one attached hydrogen (secondary N) is 1. The molecule has 1 heterocycles. The van der Waals surface area contributed by atoms with Gasteiger partial charge in [0.25, 0.3) is 5.91 Å². The first kappa shape index (κ1) is 14.6. The van der Waals surface area contributed by atoms with Crippen LogP contribution in [0, 0.1) is 6.92 Å². The number of para-hydroxylation sites is 1. The van der Waals surface area contributed by atoms with Crippen molar-refractivity contribution in [2.75, 3.05) is 12.4 Å². The van der Waals surface area contributed by atoms with Crippen LogP contribution in [0.15, 0.2) is 45.3 Å². The number of anilines is 1. The summed E-state index contributed by atoms with van der Waals surface area (Å²) >= 11 is 3.36. The molecular formula is C16H13BrN2O3. The molecule has 3 aromatic rings. The zero-order valence-electron chi connectivity index (χ0n) is 12.0. The third kappa shape index (κ3) is 2.69. The first-order valence-corrected chi connectivity index (χ1v) is 7.39. The molecule has 0 spiro atoms. The van der Waals surface area contributed by atoms with Gasteiger partial charge < -0.3 is 14.5 Å². The number of amides is 1. The van der Waals surface area contributed by atoms with Crippen LogP contribution < -0.4 is 10.1 Å². The molecule has 2 aromatic carbocycles. The molecule has 0 aliphatic rings. The normalized spacial score (nSPS) is 10.7. The predicted molar refractivity (Wildman–Crippen MR) is 87.4 cm³/mol. The van der Waals surface area contributed by atoms with E-state index in [2.05, 4.69) is 26.2 Å². The SMILES string of the molecule is COc1ccc(Br)cc1C(=O)Nc1cccc2nc(C)oc12. The Morgan fingerprint density at radius 1 is 1.32 bits per heavy atom. The molecule has 3 rings (SSSR count). The quantitative estimate of drug-likeness (QED) is 0.761. The van der Waals surface area contributed by atoms with Crippen LogP contribution in [-0.2, 0) is 0 Å². The standard InChI is InChI=1S/C16H13BrN2O3/c1-9-18-12-4-3-5-13(15(12)22-9)19-16(20)11-8-10(17)6-7-14(11)21-2/h3-8H,1-2H3,(H,19,20). The number of carbonyl (C=O) groups excluding carboxylic acids is 1. The third-order valence-electron chi connectivity index (χ3n) is 3.18. The molecule has 1 aromatic heterocycles. The number of carbonyl (C=O) groups is 1. The number of aryl methyl sites for hydroxylation is 1. The monoisotopic (exact) mass is 360 g/mol. The molecule has 0 bridgehead atoms. The van der Waals surface area contributed by atoms with Crippen molar-refractivity contribution in [2.24, 2.45) is 0 Å². The van der Waals surface area contributed by atoms with E-state index in [1.165, 1.54) is 7.11 Å². The van der Waals surface area contributed by atoms with E-state index >= 15 is 0 Å². The maximum absolute atomic E-state index is 12.5. The average molecular weight is 361 g/mol. The van der Waals surface area contributed by atoms with Gasteiger partial charge in [0.05, 0.1) is 18.4 Å². The number of hydrogen-bond acceptors (Lipinski definition) is 4. The molecule has 1 amide bonds. The summed E-state index contributed by atoms with van der Waals surface area (Å²) in [6.07, 6.45) is 0. The first-order chi connectivity index (χ1) is 10.6. The maximum atomic E-state index is 12.5. The van der Waals surface area contributed by atoms with Gasteiger partial charge in [-0.2, -0.15) is 0 Å². The van der Waals surface area contributed by atoms with Crippen LogP contribution in [0.3, 0.4) is 0 Å². The Hall–Kier alpha value is -2.34. The van der Waals surface area contributed by atoms with Crippen molar-refractivity contribution >= 4 is 38.6 Å². The van der Waals surface area contributed by atoms with E-state index in [9.17, 15) is 4.79 Å². The summed E-state index contributed by atoms with van der Waals surface area (Å²) in [7, 11) is 1.53. The number of rotatable bonds is 3. The highest BCUT2D eigenvalue weighted by atomic mass is 79.9. The van der Waals surface area contributed by atoms with Gasteiger partial charge in [0.1, 0.15) is 11.3 Å². The molecule has 0 aliphatic carbocycles. The third-order valence-corrected chi connectivity index (χ3v) is 3.67. The number of aromatic nitrogens is 1. The average Bonchev–Trinajstić information content (AvgIpc) is 2.88. The van der Waals surface area contributed by atoms with Crippen molar-refractivity contribution in [3.05, 3.63) is 52.3 Å². The Kier molecular flexibility index (Phi) is 3.85. The van der Waals surface area contributed by atoms with Crippen LogP contribution in [0.25, 0.3) is 11.1 Å². The first-order valence-electron chi connectivity index (χ1n) is 6.59. The maximum Gasteiger partial charge on any atom is 0.259 e. The fourth-order valence-corrected chi connectivity index (χ4v) is 2.57. The van der Waals surface area contributed by atoms with E-state index < -0.39 is 0 Å². The van der Waals surface area contributed by atoms with Crippen molar-refractivity contribution in [1.82, 2.24) is 4.98 Å². The lowest BCUT2D eigenvalue weighted by Gasteiger charge is -2.10. The van der Waals surface area contributed by atoms with Crippen molar-refractivity contribution in [3.63, 3.8) is 0 Å². The number of fused-ring (bicyclic) bond motifs is 1. The zero-order chi connectivity index (χ0) is 15.7. The van der Waals surface area contributed by atoms with Crippen molar-refractivity contribution in [2.45, 2.75) is 6.92 Å². The number of ether oxygens (including phenoxy) is 1. The van der Waals surface area contributed by atoms with Crippen LogP contribution in [-0.4, -0.2) is 18.0 Å². The van der Waals surface area contributed by atoms with Gasteiger partial charge in [0.15, 0.2) is 11.5 Å². The molecule has 0 fully saturated rings. The molecular weight excluding hydrogens is 348 g/mol. The molecule has 22 heavy (non-hydrogen) atoms. The summed E-state index contributed by atoms with van der Waals surface area (Å²) in [6, 6.07) is 10.7. The summed E-state index contributed by atoms with van der Waals surface area (Å²) in [4.78, 5) is 16.8. The number of methoxy groups -OCH3 is 1. The molecule has 6 heteroatoms. The molecule has 0 saturated carbocycles. The molecule has 0 radical (unpaired) electrons. The van der Waals surface area contributed by atoms with E-state index in [1.807, 2.05) is 18.2 Å². The van der Waals surface area contributed by atoms with E-state index in [1.54, 1.807) is 25.1 Å². The largest absolute Gasteiger partial charge is 0.496 e. The van der Waals surface area contributed by atoms with Gasteiger partial charge in [-0.05, 0) is 30.3 Å². The molecule has 0 aliphatic heterocycles. The Bertz CT molecular complexity index is 858. The van der Waals surface area contributed by atoms with Gasteiger partial charge in [0, 0.05) is 11.4 Å².